The van der Waals surface area contributed by atoms with Crippen molar-refractivity contribution in [2.45, 2.75) is 25.4 Å². The van der Waals surface area contributed by atoms with Crippen molar-refractivity contribution >= 4 is 41.3 Å². The minimum Gasteiger partial charge on any atom is -0.350 e. The van der Waals surface area contributed by atoms with Crippen LogP contribution in [-0.4, -0.2) is 36.5 Å². The zero-order valence-electron chi connectivity index (χ0n) is 10.6. The van der Waals surface area contributed by atoms with Gasteiger partial charge in [0.25, 0.3) is 0 Å². The minimum atomic E-state index is 0. The number of hydrogen-bond acceptors (Lipinski definition) is 4. The van der Waals surface area contributed by atoms with Crippen molar-refractivity contribution in [3.63, 3.8) is 0 Å². The third-order valence-corrected chi connectivity index (χ3v) is 4.32. The van der Waals surface area contributed by atoms with Gasteiger partial charge in [0.15, 0.2) is 0 Å². The average molecular weight is 324 g/mol. The summed E-state index contributed by atoms with van der Waals surface area (Å²) in [6, 6.07) is 4.09. The fraction of sp³-hybridized carbons (Fsp3) is 0.583. The van der Waals surface area contributed by atoms with Crippen LogP contribution in [0.3, 0.4) is 0 Å². The second-order valence-electron chi connectivity index (χ2n) is 4.60. The van der Waals surface area contributed by atoms with E-state index in [2.05, 4.69) is 10.2 Å². The van der Waals surface area contributed by atoms with Crippen LogP contribution in [0.1, 0.15) is 17.7 Å². The summed E-state index contributed by atoms with van der Waals surface area (Å²) < 4.78 is 0.754. The molecule has 0 aromatic carbocycles. The Morgan fingerprint density at radius 1 is 1.47 bits per heavy atom. The fourth-order valence-electron chi connectivity index (χ4n) is 2.00. The number of carbonyl (C=O) groups is 1. The third kappa shape index (κ3) is 5.67. The van der Waals surface area contributed by atoms with E-state index >= 15 is 0 Å². The lowest BCUT2D eigenvalue weighted by Crippen LogP contribution is -2.44. The maximum Gasteiger partial charge on any atom is 0.234 e. The van der Waals surface area contributed by atoms with Gasteiger partial charge in [0.1, 0.15) is 0 Å². The van der Waals surface area contributed by atoms with Crippen LogP contribution < -0.4 is 11.1 Å². The Morgan fingerprint density at radius 3 is 2.74 bits per heavy atom. The van der Waals surface area contributed by atoms with Gasteiger partial charge in [-0.3, -0.25) is 9.69 Å². The lowest BCUT2D eigenvalue weighted by molar-refractivity contribution is -0.122. The molecule has 0 atom stereocenters. The van der Waals surface area contributed by atoms with E-state index in [0.29, 0.717) is 19.1 Å². The van der Waals surface area contributed by atoms with Gasteiger partial charge in [0.2, 0.25) is 5.91 Å². The minimum absolute atomic E-state index is 0. The molecule has 1 fully saturated rings. The van der Waals surface area contributed by atoms with E-state index < -0.39 is 0 Å². The summed E-state index contributed by atoms with van der Waals surface area (Å²) >= 11 is 7.33. The van der Waals surface area contributed by atoms with E-state index in [1.54, 1.807) is 0 Å². The topological polar surface area (TPSA) is 58.4 Å². The molecule has 4 nitrogen and oxygen atoms in total. The van der Waals surface area contributed by atoms with Crippen LogP contribution in [0.2, 0.25) is 4.34 Å². The van der Waals surface area contributed by atoms with Gasteiger partial charge in [-0.15, -0.1) is 23.7 Å². The summed E-state index contributed by atoms with van der Waals surface area (Å²) in [4.78, 5) is 15.0. The molecule has 0 radical (unpaired) electrons. The Morgan fingerprint density at radius 2 is 2.16 bits per heavy atom. The van der Waals surface area contributed by atoms with Crippen LogP contribution in [0.25, 0.3) is 0 Å². The summed E-state index contributed by atoms with van der Waals surface area (Å²) in [6.07, 6.45) is 1.96. The van der Waals surface area contributed by atoms with E-state index in [0.717, 1.165) is 35.1 Å². The molecule has 108 valence electrons. The number of amides is 1. The fourth-order valence-corrected chi connectivity index (χ4v) is 3.03. The maximum absolute atomic E-state index is 11.8. The van der Waals surface area contributed by atoms with E-state index in [1.165, 1.54) is 11.3 Å². The number of rotatable bonds is 4. The van der Waals surface area contributed by atoms with Crippen molar-refractivity contribution in [3.8, 4) is 0 Å². The van der Waals surface area contributed by atoms with Gasteiger partial charge in [-0.1, -0.05) is 11.6 Å². The lowest BCUT2D eigenvalue weighted by atomic mass is 10.1. The number of likely N-dealkylation sites (tertiary alicyclic amines) is 1. The molecule has 0 bridgehead atoms. The third-order valence-electron chi connectivity index (χ3n) is 3.09. The maximum atomic E-state index is 11.8. The summed E-state index contributed by atoms with van der Waals surface area (Å²) in [5, 5.41) is 2.91. The first kappa shape index (κ1) is 16.7. The highest BCUT2D eigenvalue weighted by atomic mass is 35.5. The molecule has 1 amide bonds. The number of carbonyl (C=O) groups excluding carboxylic acids is 1. The highest BCUT2D eigenvalue weighted by Crippen LogP contribution is 2.20. The molecule has 3 N–H and O–H groups in total. The monoisotopic (exact) mass is 323 g/mol. The Bertz CT molecular complexity index is 405. The molecule has 1 aliphatic rings. The quantitative estimate of drug-likeness (QED) is 0.889. The van der Waals surface area contributed by atoms with Crippen molar-refractivity contribution in [1.29, 1.82) is 0 Å². The Kier molecular flexibility index (Phi) is 7.10. The standard InChI is InChI=1S/C12H18ClN3OS.ClH/c13-11-2-1-10(18-11)7-15-12(17)8-16-5-3-9(14)4-6-16;/h1-2,9H,3-8,14H2,(H,15,17);1H. The second-order valence-corrected chi connectivity index (χ2v) is 6.40. The predicted molar refractivity (Wildman–Crippen MR) is 82.1 cm³/mol. The van der Waals surface area contributed by atoms with E-state index in [-0.39, 0.29) is 18.3 Å². The molecule has 1 aromatic rings. The van der Waals surface area contributed by atoms with Crippen LogP contribution in [-0.2, 0) is 11.3 Å². The average Bonchev–Trinajstić information content (AvgIpc) is 2.76. The first-order valence-electron chi connectivity index (χ1n) is 6.12. The van der Waals surface area contributed by atoms with Gasteiger partial charge in [-0.2, -0.15) is 0 Å². The molecular formula is C12H19Cl2N3OS. The molecule has 19 heavy (non-hydrogen) atoms. The first-order valence-corrected chi connectivity index (χ1v) is 7.32. The van der Waals surface area contributed by atoms with Crippen LogP contribution in [0, 0.1) is 0 Å². The summed E-state index contributed by atoms with van der Waals surface area (Å²) in [5.74, 6) is 0.0648. The summed E-state index contributed by atoms with van der Waals surface area (Å²) in [7, 11) is 0. The van der Waals surface area contributed by atoms with Crippen molar-refractivity contribution < 1.29 is 4.79 Å². The molecule has 0 saturated carbocycles. The van der Waals surface area contributed by atoms with Gasteiger partial charge in [0, 0.05) is 24.0 Å². The highest BCUT2D eigenvalue weighted by Gasteiger charge is 2.17. The van der Waals surface area contributed by atoms with Gasteiger partial charge in [-0.05, 0) is 25.0 Å². The Hall–Kier alpha value is -0.330. The number of hydrogen-bond donors (Lipinski definition) is 2. The summed E-state index contributed by atoms with van der Waals surface area (Å²) in [6.45, 7) is 2.86. The number of halogens is 2. The molecule has 2 heterocycles. The van der Waals surface area contributed by atoms with Crippen LogP contribution >= 0.6 is 35.3 Å². The zero-order chi connectivity index (χ0) is 13.0. The molecule has 1 saturated heterocycles. The molecule has 1 aromatic heterocycles. The zero-order valence-corrected chi connectivity index (χ0v) is 13.0. The van der Waals surface area contributed by atoms with E-state index in [9.17, 15) is 4.79 Å². The van der Waals surface area contributed by atoms with Gasteiger partial charge < -0.3 is 11.1 Å². The first-order chi connectivity index (χ1) is 8.63. The van der Waals surface area contributed by atoms with Crippen molar-refractivity contribution in [2.24, 2.45) is 5.73 Å². The molecule has 0 aliphatic carbocycles. The highest BCUT2D eigenvalue weighted by molar-refractivity contribution is 7.16. The second kappa shape index (κ2) is 8.07. The molecular weight excluding hydrogens is 305 g/mol. The summed E-state index contributed by atoms with van der Waals surface area (Å²) in [5.41, 5.74) is 5.83. The smallest absolute Gasteiger partial charge is 0.234 e. The number of nitrogens with zero attached hydrogens (tertiary/aromatic N) is 1. The molecule has 2 rings (SSSR count). The largest absolute Gasteiger partial charge is 0.350 e. The van der Waals surface area contributed by atoms with Crippen LogP contribution in [0.15, 0.2) is 12.1 Å². The molecule has 1 aliphatic heterocycles. The van der Waals surface area contributed by atoms with Crippen molar-refractivity contribution in [3.05, 3.63) is 21.3 Å². The van der Waals surface area contributed by atoms with Crippen LogP contribution in [0.5, 0.6) is 0 Å². The lowest BCUT2D eigenvalue weighted by Gasteiger charge is -2.29. The Labute approximate surface area is 128 Å². The number of nitrogens with two attached hydrogens (primary N) is 1. The van der Waals surface area contributed by atoms with Crippen LogP contribution in [0.4, 0.5) is 0 Å². The van der Waals surface area contributed by atoms with Gasteiger partial charge in [0.05, 0.1) is 17.4 Å². The number of nitrogens with one attached hydrogen (secondary N) is 1. The Balaban J connectivity index is 0.00000180. The molecule has 7 heteroatoms. The number of piperidine rings is 1. The molecule has 0 spiro atoms. The van der Waals surface area contributed by atoms with Gasteiger partial charge in [-0.25, -0.2) is 0 Å². The van der Waals surface area contributed by atoms with Crippen molar-refractivity contribution in [1.82, 2.24) is 10.2 Å². The van der Waals surface area contributed by atoms with E-state index in [4.69, 9.17) is 17.3 Å². The molecule has 0 unspecified atom stereocenters. The SMILES string of the molecule is Cl.NC1CCN(CC(=O)NCc2ccc(Cl)s2)CC1. The number of thiophene rings is 1. The normalized spacial score (nSPS) is 16.9. The van der Waals surface area contributed by atoms with E-state index in [1.807, 2.05) is 12.1 Å². The van der Waals surface area contributed by atoms with Gasteiger partial charge >= 0.3 is 0 Å². The predicted octanol–water partition coefficient (Wildman–Crippen LogP) is 1.86. The van der Waals surface area contributed by atoms with Crippen molar-refractivity contribution in [2.75, 3.05) is 19.6 Å².